The summed E-state index contributed by atoms with van der Waals surface area (Å²) in [5, 5.41) is 0. The molecule has 48 heavy (non-hydrogen) atoms. The minimum Gasteiger partial charge on any atom is -0.287 e. The van der Waals surface area contributed by atoms with Crippen molar-refractivity contribution < 1.29 is 79.4 Å². The van der Waals surface area contributed by atoms with Gasteiger partial charge in [0, 0.05) is 5.56 Å². The highest BCUT2D eigenvalue weighted by molar-refractivity contribution is 6.02. The van der Waals surface area contributed by atoms with Crippen molar-refractivity contribution in [2.24, 2.45) is 17.8 Å². The summed E-state index contributed by atoms with van der Waals surface area (Å²) >= 11 is 0. The first-order valence-corrected chi connectivity index (χ1v) is 15.0. The number of rotatable bonds is 12. The number of carbonyl (C=O) groups is 1. The number of hydrogen-bond acceptors (Lipinski definition) is 1. The molecule has 1 nitrogen and oxygen atoms in total. The van der Waals surface area contributed by atoms with Gasteiger partial charge < -0.3 is 0 Å². The Bertz CT molecular complexity index is 1250. The van der Waals surface area contributed by atoms with Crippen molar-refractivity contribution in [1.82, 2.24) is 0 Å². The molecule has 2 fully saturated rings. The van der Waals surface area contributed by atoms with Crippen molar-refractivity contribution in [3.8, 4) is 0 Å². The van der Waals surface area contributed by atoms with Crippen LogP contribution in [0.3, 0.4) is 0 Å². The molecule has 2 aliphatic rings. The molecule has 2 aliphatic carbocycles. The lowest BCUT2D eigenvalue weighted by atomic mass is 9.68. The maximum absolute atomic E-state index is 14.5. The molecule has 0 unspecified atom stereocenters. The summed E-state index contributed by atoms with van der Waals surface area (Å²) in [5.74, 6) is -59.9. The van der Waals surface area contributed by atoms with Gasteiger partial charge in [0.15, 0.2) is 0 Å². The molecule has 0 heterocycles. The van der Waals surface area contributed by atoms with Crippen molar-refractivity contribution in [3.05, 3.63) is 35.4 Å². The van der Waals surface area contributed by atoms with E-state index < -0.39 is 59.0 Å². The molecular formula is C30H31F17O. The first kappa shape index (κ1) is 40.1. The van der Waals surface area contributed by atoms with Crippen LogP contribution in [0.4, 0.5) is 74.6 Å². The summed E-state index contributed by atoms with van der Waals surface area (Å²) < 4.78 is 231. The zero-order valence-corrected chi connectivity index (χ0v) is 25.0. The number of halogens is 17. The molecule has 0 N–H and O–H groups in total. The SMILES string of the molecule is CCC[C@H]1CC[C@H]([C@H]2CC[C@H](c3ccc(C(=O)C(F)(F)C(F)(F)C(F)(F)C(F)(F)C(F)(F)C(F)(F)C(F)(F)C(F)(F)F)cc3)CC2)CC1. The van der Waals surface area contributed by atoms with Gasteiger partial charge in [-0.15, -0.1) is 0 Å². The predicted octanol–water partition coefficient (Wildman–Crippen LogP) is 11.8. The summed E-state index contributed by atoms with van der Waals surface area (Å²) in [7, 11) is 0. The van der Waals surface area contributed by atoms with Gasteiger partial charge in [-0.3, -0.25) is 4.79 Å². The van der Waals surface area contributed by atoms with Gasteiger partial charge in [0.25, 0.3) is 0 Å². The molecule has 0 saturated heterocycles. The monoisotopic (exact) mass is 730 g/mol. The van der Waals surface area contributed by atoms with E-state index >= 15 is 0 Å². The fourth-order valence-corrected chi connectivity index (χ4v) is 6.67. The molecule has 0 bridgehead atoms. The normalized spacial score (nSPS) is 24.5. The van der Waals surface area contributed by atoms with Crippen LogP contribution in [-0.2, 0) is 0 Å². The fraction of sp³-hybridized carbons (Fsp3) is 0.767. The van der Waals surface area contributed by atoms with Gasteiger partial charge in [-0.1, -0.05) is 56.9 Å². The van der Waals surface area contributed by atoms with Crippen LogP contribution in [0.1, 0.15) is 93.0 Å². The quantitative estimate of drug-likeness (QED) is 0.155. The highest BCUT2D eigenvalue weighted by Gasteiger charge is 2.95. The van der Waals surface area contributed by atoms with Crippen LogP contribution < -0.4 is 0 Å². The van der Waals surface area contributed by atoms with Crippen LogP contribution in [0, 0.1) is 17.8 Å². The van der Waals surface area contributed by atoms with Crippen LogP contribution >= 0.6 is 0 Å². The van der Waals surface area contributed by atoms with Crippen molar-refractivity contribution in [2.75, 3.05) is 0 Å². The van der Waals surface area contributed by atoms with Gasteiger partial charge in [0.2, 0.25) is 5.78 Å². The summed E-state index contributed by atoms with van der Waals surface area (Å²) in [4.78, 5) is 12.2. The molecule has 0 aromatic heterocycles. The lowest BCUT2D eigenvalue weighted by Crippen LogP contribution is -2.75. The van der Waals surface area contributed by atoms with Crippen molar-refractivity contribution in [1.29, 1.82) is 0 Å². The van der Waals surface area contributed by atoms with Crippen LogP contribution in [0.5, 0.6) is 0 Å². The molecule has 0 spiro atoms. The molecule has 3 rings (SSSR count). The van der Waals surface area contributed by atoms with Gasteiger partial charge in [-0.2, -0.15) is 74.6 Å². The molecule has 18 heteroatoms. The van der Waals surface area contributed by atoms with E-state index in [0.29, 0.717) is 48.3 Å². The van der Waals surface area contributed by atoms with Crippen molar-refractivity contribution >= 4 is 5.78 Å². The summed E-state index contributed by atoms with van der Waals surface area (Å²) in [6.45, 7) is 2.12. The van der Waals surface area contributed by atoms with E-state index in [1.54, 1.807) is 0 Å². The van der Waals surface area contributed by atoms with Gasteiger partial charge in [-0.25, -0.2) is 0 Å². The smallest absolute Gasteiger partial charge is 0.287 e. The largest absolute Gasteiger partial charge is 0.460 e. The Morgan fingerprint density at radius 3 is 1.31 bits per heavy atom. The topological polar surface area (TPSA) is 17.1 Å². The molecule has 1 aromatic rings. The standard InChI is InChI=1S/C30H31F17O/c1-2-3-16-4-6-17(7-5-16)18-8-10-19(11-9-18)20-12-14-21(15-13-20)22(48)23(31,32)24(33,34)25(35,36)26(37,38)27(39,40)28(41,42)29(43,44)30(45,46)47/h12-19H,2-11H2,1H3/t16-,17-,18-,19-. The Labute approximate surface area is 263 Å². The van der Waals surface area contributed by atoms with Crippen LogP contribution in [0.15, 0.2) is 24.3 Å². The van der Waals surface area contributed by atoms with Crippen LogP contribution in [-0.4, -0.2) is 53.4 Å². The average molecular weight is 731 g/mol. The molecular weight excluding hydrogens is 699 g/mol. The van der Waals surface area contributed by atoms with Gasteiger partial charge in [-0.05, 0) is 67.8 Å². The van der Waals surface area contributed by atoms with E-state index in [-0.39, 0.29) is 5.92 Å². The lowest BCUT2D eigenvalue weighted by Gasteiger charge is -2.42. The second-order valence-electron chi connectivity index (χ2n) is 12.7. The third-order valence-electron chi connectivity index (χ3n) is 9.68. The van der Waals surface area contributed by atoms with E-state index in [0.717, 1.165) is 63.5 Å². The van der Waals surface area contributed by atoms with E-state index in [1.165, 1.54) is 0 Å². The highest BCUT2D eigenvalue weighted by atomic mass is 19.4. The predicted molar refractivity (Wildman–Crippen MR) is 137 cm³/mol. The number of carbonyl (C=O) groups excluding carboxylic acids is 1. The van der Waals surface area contributed by atoms with E-state index in [4.69, 9.17) is 0 Å². The third kappa shape index (κ3) is 6.39. The molecule has 0 atom stereocenters. The summed E-state index contributed by atoms with van der Waals surface area (Å²) in [6.07, 6.45) is 1.66. The Hall–Kier alpha value is -2.30. The van der Waals surface area contributed by atoms with Crippen LogP contribution in [0.25, 0.3) is 0 Å². The van der Waals surface area contributed by atoms with E-state index in [1.807, 2.05) is 0 Å². The van der Waals surface area contributed by atoms with E-state index in [2.05, 4.69) is 6.92 Å². The summed E-state index contributed by atoms with van der Waals surface area (Å²) in [5.41, 5.74) is -1.14. The molecule has 1 aromatic carbocycles. The zero-order chi connectivity index (χ0) is 36.9. The second-order valence-corrected chi connectivity index (χ2v) is 12.7. The first-order chi connectivity index (χ1) is 21.6. The summed E-state index contributed by atoms with van der Waals surface area (Å²) in [6, 6.07) is 2.80. The average Bonchev–Trinajstić information content (AvgIpc) is 3.00. The second kappa shape index (κ2) is 13.1. The third-order valence-corrected chi connectivity index (χ3v) is 9.68. The number of hydrogen-bond donors (Lipinski definition) is 0. The zero-order valence-electron chi connectivity index (χ0n) is 25.0. The molecule has 2 saturated carbocycles. The maximum atomic E-state index is 14.5. The number of ketones is 1. The highest BCUT2D eigenvalue weighted by Crippen LogP contribution is 2.64. The van der Waals surface area contributed by atoms with Gasteiger partial charge in [0.05, 0.1) is 0 Å². The van der Waals surface area contributed by atoms with Crippen LogP contribution in [0.2, 0.25) is 0 Å². The molecule has 0 amide bonds. The molecule has 0 radical (unpaired) electrons. The Morgan fingerprint density at radius 1 is 0.542 bits per heavy atom. The molecule has 0 aliphatic heterocycles. The minimum atomic E-state index is -8.74. The maximum Gasteiger partial charge on any atom is 0.460 e. The Morgan fingerprint density at radius 2 is 0.917 bits per heavy atom. The fourth-order valence-electron chi connectivity index (χ4n) is 6.67. The first-order valence-electron chi connectivity index (χ1n) is 15.0. The van der Waals surface area contributed by atoms with Gasteiger partial charge in [0.1, 0.15) is 0 Å². The minimum absolute atomic E-state index is 0.203. The number of benzene rings is 1. The molecule has 276 valence electrons. The van der Waals surface area contributed by atoms with E-state index in [9.17, 15) is 79.4 Å². The Kier molecular flexibility index (Phi) is 11.0. The van der Waals surface area contributed by atoms with Crippen molar-refractivity contribution in [2.45, 2.75) is 125 Å². The Balaban J connectivity index is 1.78. The van der Waals surface area contributed by atoms with Gasteiger partial charge >= 0.3 is 47.6 Å². The lowest BCUT2D eigenvalue weighted by molar-refractivity contribution is -0.459. The number of alkyl halides is 17. The van der Waals surface area contributed by atoms with Crippen molar-refractivity contribution in [3.63, 3.8) is 0 Å². The number of Topliss-reactive ketones (excluding diaryl/α,β-unsaturated/α-hetero) is 1.